The zero-order chi connectivity index (χ0) is 21.3. The Labute approximate surface area is 173 Å². The SMILES string of the molecule is CCCCCC(=O)n1c(=O)n(S(=O)(=O)c2cccc3cccnc23)c2ccccc21. The molecular formula is C22H21N3O4S. The van der Waals surface area contributed by atoms with E-state index in [4.69, 9.17) is 0 Å². The molecule has 8 heteroatoms. The number of unbranched alkanes of at least 4 members (excludes halogenated alkanes) is 2. The number of imidazole rings is 1. The number of para-hydroxylation sites is 3. The molecule has 0 aliphatic heterocycles. The highest BCUT2D eigenvalue weighted by Gasteiger charge is 2.28. The Morgan fingerprint density at radius 1 is 0.967 bits per heavy atom. The molecule has 0 aliphatic rings. The molecule has 30 heavy (non-hydrogen) atoms. The van der Waals surface area contributed by atoms with Crippen LogP contribution >= 0.6 is 0 Å². The fourth-order valence-corrected chi connectivity index (χ4v) is 5.18. The number of carbonyl (C=O) groups is 1. The van der Waals surface area contributed by atoms with E-state index >= 15 is 0 Å². The van der Waals surface area contributed by atoms with Gasteiger partial charge in [-0.05, 0) is 30.7 Å². The van der Waals surface area contributed by atoms with E-state index in [0.29, 0.717) is 15.8 Å². The number of carbonyl (C=O) groups excluding carboxylic acids is 1. The Hall–Kier alpha value is -3.26. The summed E-state index contributed by atoms with van der Waals surface area (Å²) in [5.74, 6) is -0.408. The molecule has 4 rings (SSSR count). The Morgan fingerprint density at radius 2 is 1.70 bits per heavy atom. The van der Waals surface area contributed by atoms with Gasteiger partial charge in [-0.15, -0.1) is 0 Å². The fourth-order valence-electron chi connectivity index (χ4n) is 3.62. The average molecular weight is 423 g/mol. The van der Waals surface area contributed by atoms with E-state index in [1.54, 1.807) is 42.5 Å². The molecule has 0 spiro atoms. The summed E-state index contributed by atoms with van der Waals surface area (Å²) >= 11 is 0. The number of hydrogen-bond donors (Lipinski definition) is 0. The van der Waals surface area contributed by atoms with E-state index in [1.807, 2.05) is 6.92 Å². The standard InChI is InChI=1S/C22H21N3O4S/c1-2-3-4-14-20(26)24-17-11-5-6-12-18(17)25(22(24)27)30(28,29)19-13-7-9-16-10-8-15-23-21(16)19/h5-13,15H,2-4,14H2,1H3. The molecule has 0 aliphatic carbocycles. The van der Waals surface area contributed by atoms with Crippen LogP contribution in [0.4, 0.5) is 0 Å². The highest BCUT2D eigenvalue weighted by Crippen LogP contribution is 2.25. The van der Waals surface area contributed by atoms with Crippen LogP contribution in [0.2, 0.25) is 0 Å². The van der Waals surface area contributed by atoms with Gasteiger partial charge in [-0.1, -0.05) is 50.1 Å². The molecule has 0 unspecified atom stereocenters. The Bertz CT molecular complexity index is 1410. The molecule has 2 heterocycles. The first kappa shape index (κ1) is 20.0. The number of pyridine rings is 1. The monoisotopic (exact) mass is 423 g/mol. The van der Waals surface area contributed by atoms with Gasteiger partial charge >= 0.3 is 5.69 Å². The topological polar surface area (TPSA) is 91.0 Å². The lowest BCUT2D eigenvalue weighted by Gasteiger charge is -2.08. The number of hydrogen-bond acceptors (Lipinski definition) is 5. The average Bonchev–Trinajstić information content (AvgIpc) is 3.05. The van der Waals surface area contributed by atoms with E-state index < -0.39 is 21.6 Å². The van der Waals surface area contributed by atoms with Crippen LogP contribution in [0, 0.1) is 0 Å². The second-order valence-electron chi connectivity index (χ2n) is 7.06. The van der Waals surface area contributed by atoms with E-state index in [-0.39, 0.29) is 27.9 Å². The number of fused-ring (bicyclic) bond motifs is 2. The van der Waals surface area contributed by atoms with Crippen LogP contribution in [0.25, 0.3) is 21.9 Å². The molecule has 0 saturated heterocycles. The first-order chi connectivity index (χ1) is 14.5. The van der Waals surface area contributed by atoms with Crippen LogP contribution in [0.15, 0.2) is 70.5 Å². The van der Waals surface area contributed by atoms with Crippen molar-refractivity contribution < 1.29 is 13.2 Å². The number of aromatic nitrogens is 3. The van der Waals surface area contributed by atoms with Crippen molar-refractivity contribution in [2.75, 3.05) is 0 Å². The van der Waals surface area contributed by atoms with E-state index in [1.165, 1.54) is 18.3 Å². The van der Waals surface area contributed by atoms with Gasteiger partial charge in [0.2, 0.25) is 5.91 Å². The molecule has 2 aromatic carbocycles. The maximum Gasteiger partial charge on any atom is 0.350 e. The third-order valence-electron chi connectivity index (χ3n) is 5.06. The van der Waals surface area contributed by atoms with Crippen LogP contribution in [-0.2, 0) is 10.0 Å². The zero-order valence-corrected chi connectivity index (χ0v) is 17.3. The molecule has 0 radical (unpaired) electrons. The van der Waals surface area contributed by atoms with Crippen molar-refractivity contribution in [3.63, 3.8) is 0 Å². The predicted molar refractivity (Wildman–Crippen MR) is 115 cm³/mol. The van der Waals surface area contributed by atoms with Crippen molar-refractivity contribution in [1.82, 2.24) is 13.5 Å². The summed E-state index contributed by atoms with van der Waals surface area (Å²) in [6.45, 7) is 2.02. The van der Waals surface area contributed by atoms with Crippen molar-refractivity contribution >= 4 is 37.9 Å². The van der Waals surface area contributed by atoms with Gasteiger partial charge in [0.1, 0.15) is 4.90 Å². The minimum Gasteiger partial charge on any atom is -0.274 e. The summed E-state index contributed by atoms with van der Waals surface area (Å²) < 4.78 is 28.8. The molecule has 154 valence electrons. The summed E-state index contributed by atoms with van der Waals surface area (Å²) in [6, 6.07) is 14.7. The third-order valence-corrected chi connectivity index (χ3v) is 6.78. The Balaban J connectivity index is 1.96. The van der Waals surface area contributed by atoms with Gasteiger partial charge in [0.25, 0.3) is 10.0 Å². The van der Waals surface area contributed by atoms with Crippen molar-refractivity contribution in [3.05, 3.63) is 71.3 Å². The lowest BCUT2D eigenvalue weighted by atomic mass is 10.2. The molecule has 4 aromatic rings. The summed E-state index contributed by atoms with van der Waals surface area (Å²) in [5, 5.41) is 0.644. The summed E-state index contributed by atoms with van der Waals surface area (Å²) in [7, 11) is -4.29. The minimum atomic E-state index is -4.29. The van der Waals surface area contributed by atoms with Gasteiger partial charge < -0.3 is 0 Å². The molecule has 0 N–H and O–H groups in total. The van der Waals surface area contributed by atoms with E-state index in [2.05, 4.69) is 4.98 Å². The smallest absolute Gasteiger partial charge is 0.274 e. The highest BCUT2D eigenvalue weighted by atomic mass is 32.2. The quantitative estimate of drug-likeness (QED) is 0.440. The first-order valence-corrected chi connectivity index (χ1v) is 11.3. The van der Waals surface area contributed by atoms with Crippen molar-refractivity contribution in [3.8, 4) is 0 Å². The molecule has 2 aromatic heterocycles. The fraction of sp³-hybridized carbons (Fsp3) is 0.227. The molecule has 0 fully saturated rings. The second-order valence-corrected chi connectivity index (χ2v) is 8.81. The molecule has 7 nitrogen and oxygen atoms in total. The Morgan fingerprint density at radius 3 is 2.47 bits per heavy atom. The van der Waals surface area contributed by atoms with Crippen LogP contribution in [0.1, 0.15) is 37.4 Å². The molecule has 0 bridgehead atoms. The lowest BCUT2D eigenvalue weighted by Crippen LogP contribution is -2.32. The highest BCUT2D eigenvalue weighted by molar-refractivity contribution is 7.90. The largest absolute Gasteiger partial charge is 0.350 e. The summed E-state index contributed by atoms with van der Waals surface area (Å²) in [6.07, 6.45) is 4.12. The molecule has 0 saturated carbocycles. The second kappa shape index (κ2) is 7.87. The van der Waals surface area contributed by atoms with Crippen molar-refractivity contribution in [1.29, 1.82) is 0 Å². The van der Waals surface area contributed by atoms with Gasteiger partial charge in [0.15, 0.2) is 0 Å². The maximum atomic E-state index is 13.6. The first-order valence-electron chi connectivity index (χ1n) is 9.82. The van der Waals surface area contributed by atoms with Crippen LogP contribution < -0.4 is 5.69 Å². The van der Waals surface area contributed by atoms with Crippen molar-refractivity contribution in [2.45, 2.75) is 37.5 Å². The predicted octanol–water partition coefficient (Wildman–Crippen LogP) is 3.81. The minimum absolute atomic E-state index is 0.0796. The van der Waals surface area contributed by atoms with E-state index in [0.717, 1.165) is 17.4 Å². The number of benzene rings is 2. The van der Waals surface area contributed by atoms with Gasteiger partial charge in [0.05, 0.1) is 16.6 Å². The number of nitrogens with zero attached hydrogens (tertiary/aromatic N) is 3. The van der Waals surface area contributed by atoms with Crippen LogP contribution in [0.3, 0.4) is 0 Å². The van der Waals surface area contributed by atoms with Gasteiger partial charge in [0, 0.05) is 18.0 Å². The lowest BCUT2D eigenvalue weighted by molar-refractivity contribution is 0.0900. The summed E-state index contributed by atoms with van der Waals surface area (Å²) in [4.78, 5) is 30.1. The number of rotatable bonds is 6. The van der Waals surface area contributed by atoms with Gasteiger partial charge in [-0.2, -0.15) is 3.97 Å². The molecule has 0 amide bonds. The van der Waals surface area contributed by atoms with Crippen LogP contribution in [-0.4, -0.2) is 27.8 Å². The molecule has 0 atom stereocenters. The normalized spacial score (nSPS) is 11.9. The summed E-state index contributed by atoms with van der Waals surface area (Å²) in [5.41, 5.74) is -0.163. The maximum absolute atomic E-state index is 13.6. The Kier molecular flexibility index (Phi) is 5.26. The third kappa shape index (κ3) is 3.23. The van der Waals surface area contributed by atoms with E-state index in [9.17, 15) is 18.0 Å². The van der Waals surface area contributed by atoms with Gasteiger partial charge in [-0.25, -0.2) is 17.8 Å². The van der Waals surface area contributed by atoms with Crippen molar-refractivity contribution in [2.24, 2.45) is 0 Å². The van der Waals surface area contributed by atoms with Gasteiger partial charge in [-0.3, -0.25) is 9.78 Å². The molecular weight excluding hydrogens is 402 g/mol. The zero-order valence-electron chi connectivity index (χ0n) is 16.5. The van der Waals surface area contributed by atoms with Crippen LogP contribution in [0.5, 0.6) is 0 Å².